The fourth-order valence-corrected chi connectivity index (χ4v) is 3.18. The Hall–Kier alpha value is -0.410. The fraction of sp³-hybridized carbons (Fsp3) is 0.769. The Balaban J connectivity index is 1.75. The molecule has 0 spiro atoms. The first-order valence-corrected chi connectivity index (χ1v) is 7.33. The molecule has 88 valence electrons. The number of aromatic nitrogens is 1. The third-order valence-corrected chi connectivity index (χ3v) is 4.43. The van der Waals surface area contributed by atoms with Gasteiger partial charge < -0.3 is 5.32 Å². The summed E-state index contributed by atoms with van der Waals surface area (Å²) in [6, 6.07) is 1.35. The second kappa shape index (κ2) is 4.11. The lowest BCUT2D eigenvalue weighted by Gasteiger charge is -2.15. The first-order valence-electron chi connectivity index (χ1n) is 6.45. The van der Waals surface area contributed by atoms with Crippen LogP contribution in [-0.4, -0.2) is 11.0 Å². The van der Waals surface area contributed by atoms with E-state index in [4.69, 9.17) is 4.98 Å². The second-order valence-electron chi connectivity index (χ2n) is 5.52. The summed E-state index contributed by atoms with van der Waals surface area (Å²) in [6.45, 7) is 4.44. The van der Waals surface area contributed by atoms with Gasteiger partial charge in [0.25, 0.3) is 0 Å². The minimum absolute atomic E-state index is 0.560. The summed E-state index contributed by atoms with van der Waals surface area (Å²) < 4.78 is 0. The summed E-state index contributed by atoms with van der Waals surface area (Å²) >= 11 is 1.85. The smallest absolute Gasteiger partial charge is 0.110 e. The zero-order valence-corrected chi connectivity index (χ0v) is 10.9. The minimum atomic E-state index is 0.560. The molecule has 2 nitrogen and oxygen atoms in total. The zero-order chi connectivity index (χ0) is 11.1. The van der Waals surface area contributed by atoms with Crippen LogP contribution in [0.1, 0.15) is 62.2 Å². The lowest BCUT2D eigenvalue weighted by molar-refractivity contribution is 0.475. The standard InChI is InChI=1S/C13H20N2S/c1-8(2)11-7-16-13(15-11)12(9-3-4-9)14-10-5-6-10/h7-10,12,14H,3-6H2,1-2H3. The predicted octanol–water partition coefficient (Wildman–Crippen LogP) is 3.47. The lowest BCUT2D eigenvalue weighted by atomic mass is 10.1. The maximum Gasteiger partial charge on any atom is 0.110 e. The van der Waals surface area contributed by atoms with Crippen LogP contribution in [0.4, 0.5) is 0 Å². The van der Waals surface area contributed by atoms with Gasteiger partial charge in [0.05, 0.1) is 11.7 Å². The molecule has 2 saturated carbocycles. The number of nitrogens with one attached hydrogen (secondary N) is 1. The number of hydrogen-bond acceptors (Lipinski definition) is 3. The van der Waals surface area contributed by atoms with E-state index < -0.39 is 0 Å². The van der Waals surface area contributed by atoms with Crippen molar-refractivity contribution >= 4 is 11.3 Å². The zero-order valence-electron chi connectivity index (χ0n) is 10.1. The van der Waals surface area contributed by atoms with Crippen molar-refractivity contribution in [2.45, 2.75) is 57.5 Å². The van der Waals surface area contributed by atoms with Crippen LogP contribution in [0, 0.1) is 5.92 Å². The Morgan fingerprint density at radius 3 is 2.56 bits per heavy atom. The molecule has 1 unspecified atom stereocenters. The van der Waals surface area contributed by atoms with Gasteiger partial charge in [-0.25, -0.2) is 4.98 Å². The van der Waals surface area contributed by atoms with Crippen molar-refractivity contribution in [3.8, 4) is 0 Å². The first kappa shape index (κ1) is 10.7. The summed E-state index contributed by atoms with van der Waals surface area (Å²) in [6.07, 6.45) is 5.51. The van der Waals surface area contributed by atoms with Crippen LogP contribution < -0.4 is 5.32 Å². The van der Waals surface area contributed by atoms with Crippen molar-refractivity contribution in [3.05, 3.63) is 16.1 Å². The molecule has 1 atom stereocenters. The largest absolute Gasteiger partial charge is 0.305 e. The monoisotopic (exact) mass is 236 g/mol. The highest BCUT2D eigenvalue weighted by atomic mass is 32.1. The van der Waals surface area contributed by atoms with Crippen molar-refractivity contribution in [1.29, 1.82) is 0 Å². The molecule has 3 rings (SSSR count). The predicted molar refractivity (Wildman–Crippen MR) is 67.8 cm³/mol. The molecule has 0 aliphatic heterocycles. The lowest BCUT2D eigenvalue weighted by Crippen LogP contribution is -2.25. The molecule has 0 amide bonds. The Morgan fingerprint density at radius 2 is 2.06 bits per heavy atom. The molecule has 3 heteroatoms. The molecule has 1 N–H and O–H groups in total. The summed E-state index contributed by atoms with van der Waals surface area (Å²) in [7, 11) is 0. The van der Waals surface area contributed by atoms with Crippen LogP contribution in [0.2, 0.25) is 0 Å². The maximum atomic E-state index is 4.81. The van der Waals surface area contributed by atoms with Crippen LogP contribution in [0.25, 0.3) is 0 Å². The van der Waals surface area contributed by atoms with Crippen molar-refractivity contribution in [3.63, 3.8) is 0 Å². The topological polar surface area (TPSA) is 24.9 Å². The van der Waals surface area contributed by atoms with Crippen LogP contribution >= 0.6 is 11.3 Å². The van der Waals surface area contributed by atoms with Crippen LogP contribution in [0.3, 0.4) is 0 Å². The second-order valence-corrected chi connectivity index (χ2v) is 6.41. The van der Waals surface area contributed by atoms with Gasteiger partial charge in [-0.1, -0.05) is 13.8 Å². The molecule has 1 heterocycles. The van der Waals surface area contributed by atoms with Crippen molar-refractivity contribution in [2.24, 2.45) is 5.92 Å². The van der Waals surface area contributed by atoms with E-state index in [-0.39, 0.29) is 0 Å². The fourth-order valence-electron chi connectivity index (χ4n) is 2.05. The van der Waals surface area contributed by atoms with E-state index in [1.807, 2.05) is 11.3 Å². The molecule has 2 fully saturated rings. The average molecular weight is 236 g/mol. The van der Waals surface area contributed by atoms with Gasteiger partial charge in [0.15, 0.2) is 0 Å². The van der Waals surface area contributed by atoms with Crippen LogP contribution in [-0.2, 0) is 0 Å². The van der Waals surface area contributed by atoms with Gasteiger partial charge in [-0.2, -0.15) is 0 Å². The van der Waals surface area contributed by atoms with E-state index in [9.17, 15) is 0 Å². The molecular weight excluding hydrogens is 216 g/mol. The van der Waals surface area contributed by atoms with Crippen LogP contribution in [0.15, 0.2) is 5.38 Å². The normalized spacial score (nSPS) is 22.7. The van der Waals surface area contributed by atoms with Crippen molar-refractivity contribution in [1.82, 2.24) is 10.3 Å². The van der Waals surface area contributed by atoms with Gasteiger partial charge >= 0.3 is 0 Å². The Kier molecular flexibility index (Phi) is 2.76. The highest BCUT2D eigenvalue weighted by molar-refractivity contribution is 7.09. The molecule has 1 aromatic heterocycles. The Labute approximate surface area is 101 Å². The number of thiazole rings is 1. The highest BCUT2D eigenvalue weighted by Crippen LogP contribution is 2.43. The van der Waals surface area contributed by atoms with Gasteiger partial charge in [-0.3, -0.25) is 0 Å². The molecule has 2 aliphatic rings. The van der Waals surface area contributed by atoms with Crippen molar-refractivity contribution in [2.75, 3.05) is 0 Å². The molecular formula is C13H20N2S. The molecule has 1 aromatic rings. The van der Waals surface area contributed by atoms with Gasteiger partial charge in [0.1, 0.15) is 5.01 Å². The quantitative estimate of drug-likeness (QED) is 0.846. The molecule has 0 radical (unpaired) electrons. The van der Waals surface area contributed by atoms with Gasteiger partial charge in [0, 0.05) is 11.4 Å². The van der Waals surface area contributed by atoms with E-state index >= 15 is 0 Å². The molecule has 0 aromatic carbocycles. The third kappa shape index (κ3) is 2.30. The van der Waals surface area contributed by atoms with Crippen LogP contribution in [0.5, 0.6) is 0 Å². The van der Waals surface area contributed by atoms with E-state index in [1.165, 1.54) is 36.4 Å². The van der Waals surface area contributed by atoms with Gasteiger partial charge in [-0.05, 0) is 37.5 Å². The van der Waals surface area contributed by atoms with Gasteiger partial charge in [0.2, 0.25) is 0 Å². The molecule has 16 heavy (non-hydrogen) atoms. The van der Waals surface area contributed by atoms with E-state index in [1.54, 1.807) is 0 Å². The third-order valence-electron chi connectivity index (χ3n) is 3.48. The van der Waals surface area contributed by atoms with E-state index in [2.05, 4.69) is 24.5 Å². The summed E-state index contributed by atoms with van der Waals surface area (Å²) in [5.74, 6) is 1.43. The molecule has 2 aliphatic carbocycles. The van der Waals surface area contributed by atoms with Gasteiger partial charge in [-0.15, -0.1) is 11.3 Å². The molecule has 0 saturated heterocycles. The first-order chi connectivity index (χ1) is 7.74. The number of nitrogens with zero attached hydrogens (tertiary/aromatic N) is 1. The Bertz CT molecular complexity index is 364. The summed E-state index contributed by atoms with van der Waals surface area (Å²) in [5, 5.41) is 7.34. The van der Waals surface area contributed by atoms with E-state index in [0.29, 0.717) is 12.0 Å². The molecule has 0 bridgehead atoms. The SMILES string of the molecule is CC(C)c1csc(C(NC2CC2)C2CC2)n1. The van der Waals surface area contributed by atoms with E-state index in [0.717, 1.165) is 12.0 Å². The summed E-state index contributed by atoms with van der Waals surface area (Å²) in [5.41, 5.74) is 1.27. The highest BCUT2D eigenvalue weighted by Gasteiger charge is 2.37. The number of hydrogen-bond donors (Lipinski definition) is 1. The average Bonchev–Trinajstić information content (AvgIpc) is 3.14. The minimum Gasteiger partial charge on any atom is -0.305 e. The maximum absolute atomic E-state index is 4.81. The summed E-state index contributed by atoms with van der Waals surface area (Å²) in [4.78, 5) is 4.81. The van der Waals surface area contributed by atoms with Crippen molar-refractivity contribution < 1.29 is 0 Å². The Morgan fingerprint density at radius 1 is 1.31 bits per heavy atom. The number of rotatable bonds is 5.